The number of aromatic nitrogens is 1. The zero-order chi connectivity index (χ0) is 15.0. The fraction of sp³-hybridized carbons (Fsp3) is 0.400. The molecule has 3 rings (SSSR count). The van der Waals surface area contributed by atoms with Crippen LogP contribution in [0.3, 0.4) is 0 Å². The van der Waals surface area contributed by atoms with Crippen LogP contribution in [-0.2, 0) is 0 Å². The molecular formula is C15H18N4O2. The van der Waals surface area contributed by atoms with Gasteiger partial charge >= 0.3 is 0 Å². The molecule has 21 heavy (non-hydrogen) atoms. The van der Waals surface area contributed by atoms with E-state index >= 15 is 0 Å². The second-order valence-corrected chi connectivity index (χ2v) is 5.81. The minimum atomic E-state index is -0.401. The Balaban J connectivity index is 2.07. The van der Waals surface area contributed by atoms with Crippen molar-refractivity contribution in [2.24, 2.45) is 11.7 Å². The third-order valence-electron chi connectivity index (χ3n) is 4.27. The van der Waals surface area contributed by atoms with Gasteiger partial charge in [-0.15, -0.1) is 0 Å². The molecule has 0 aliphatic heterocycles. The average molecular weight is 286 g/mol. The van der Waals surface area contributed by atoms with Crippen molar-refractivity contribution >= 4 is 22.3 Å². The number of hydrogen-bond donors (Lipinski definition) is 2. The van der Waals surface area contributed by atoms with Gasteiger partial charge in [0, 0.05) is 35.4 Å². The first-order valence-corrected chi connectivity index (χ1v) is 7.05. The fourth-order valence-corrected chi connectivity index (χ4v) is 2.76. The predicted octanol–water partition coefficient (Wildman–Crippen LogP) is 2.68. The third kappa shape index (κ3) is 2.42. The highest BCUT2D eigenvalue weighted by Crippen LogP contribution is 2.42. The molecule has 0 saturated heterocycles. The summed E-state index contributed by atoms with van der Waals surface area (Å²) in [6.07, 6.45) is 3.91. The highest BCUT2D eigenvalue weighted by molar-refractivity contribution is 5.97. The van der Waals surface area contributed by atoms with E-state index in [0.29, 0.717) is 18.0 Å². The molecule has 0 spiro atoms. The molecule has 0 amide bonds. The van der Waals surface area contributed by atoms with Crippen molar-refractivity contribution in [1.82, 2.24) is 4.98 Å². The molecular weight excluding hydrogens is 268 g/mol. The number of nitro groups is 1. The van der Waals surface area contributed by atoms with Gasteiger partial charge in [0.2, 0.25) is 0 Å². The molecule has 1 aliphatic carbocycles. The van der Waals surface area contributed by atoms with E-state index in [-0.39, 0.29) is 11.2 Å². The number of anilines is 1. The molecule has 1 fully saturated rings. The molecule has 1 unspecified atom stereocenters. The minimum absolute atomic E-state index is 0.0250. The summed E-state index contributed by atoms with van der Waals surface area (Å²) in [5, 5.41) is 15.4. The fourth-order valence-electron chi connectivity index (χ4n) is 2.76. The molecule has 1 atom stereocenters. The first-order chi connectivity index (χ1) is 10.0. The van der Waals surface area contributed by atoms with Crippen molar-refractivity contribution in [2.75, 3.05) is 11.9 Å². The van der Waals surface area contributed by atoms with Gasteiger partial charge in [0.15, 0.2) is 0 Å². The van der Waals surface area contributed by atoms with Gasteiger partial charge in [0.1, 0.15) is 5.52 Å². The number of nitrogens with one attached hydrogen (secondary N) is 1. The molecule has 1 heterocycles. The second-order valence-electron chi connectivity index (χ2n) is 5.81. The highest BCUT2D eigenvalue weighted by atomic mass is 16.6. The number of non-ortho nitro benzene ring substituents is 1. The van der Waals surface area contributed by atoms with E-state index in [1.807, 2.05) is 6.07 Å². The normalized spacial score (nSPS) is 17.4. The summed E-state index contributed by atoms with van der Waals surface area (Å²) in [4.78, 5) is 14.9. The minimum Gasteiger partial charge on any atom is -0.378 e. The molecule has 1 saturated carbocycles. The molecule has 6 heteroatoms. The summed E-state index contributed by atoms with van der Waals surface area (Å²) in [6, 6.07) is 6.88. The van der Waals surface area contributed by atoms with Crippen LogP contribution in [0.15, 0.2) is 30.5 Å². The lowest BCUT2D eigenvalue weighted by atomic mass is 9.95. The number of fused-ring (bicyclic) bond motifs is 1. The average Bonchev–Trinajstić information content (AvgIpc) is 3.32. The molecule has 1 aromatic carbocycles. The maximum Gasteiger partial charge on any atom is 0.295 e. The van der Waals surface area contributed by atoms with Gasteiger partial charge in [-0.05, 0) is 43.9 Å². The Morgan fingerprint density at radius 3 is 2.86 bits per heavy atom. The predicted molar refractivity (Wildman–Crippen MR) is 82.2 cm³/mol. The quantitative estimate of drug-likeness (QED) is 0.651. The summed E-state index contributed by atoms with van der Waals surface area (Å²) in [5.41, 5.74) is 7.03. The molecule has 0 bridgehead atoms. The maximum atomic E-state index is 11.1. The van der Waals surface area contributed by atoms with Crippen molar-refractivity contribution in [3.63, 3.8) is 0 Å². The lowest BCUT2D eigenvalue weighted by Crippen LogP contribution is -2.44. The van der Waals surface area contributed by atoms with Crippen LogP contribution in [0.1, 0.15) is 19.8 Å². The number of nitrogens with zero attached hydrogens (tertiary/aromatic N) is 2. The first-order valence-electron chi connectivity index (χ1n) is 7.05. The molecule has 0 radical (unpaired) electrons. The van der Waals surface area contributed by atoms with E-state index in [0.717, 1.165) is 11.1 Å². The Morgan fingerprint density at radius 1 is 1.48 bits per heavy atom. The largest absolute Gasteiger partial charge is 0.378 e. The number of nitro benzene ring substituents is 1. The zero-order valence-electron chi connectivity index (χ0n) is 11.9. The van der Waals surface area contributed by atoms with E-state index in [9.17, 15) is 10.1 Å². The molecule has 1 aromatic heterocycles. The Bertz CT molecular complexity index is 699. The Hall–Kier alpha value is -2.21. The molecule has 6 nitrogen and oxygen atoms in total. The van der Waals surface area contributed by atoms with E-state index in [2.05, 4.69) is 17.2 Å². The molecule has 1 aliphatic rings. The van der Waals surface area contributed by atoms with E-state index in [1.165, 1.54) is 18.9 Å². The van der Waals surface area contributed by atoms with Crippen LogP contribution in [-0.4, -0.2) is 22.0 Å². The standard InChI is InChI=1S/C15H18N4O2/c1-15(9-16,10-4-5-10)18-12-6-7-13(19(20)21)14-11(12)3-2-8-17-14/h2-3,6-8,10,18H,4-5,9,16H2,1H3. The van der Waals surface area contributed by atoms with Crippen molar-refractivity contribution < 1.29 is 4.92 Å². The molecule has 2 aromatic rings. The Labute approximate surface area is 122 Å². The van der Waals surface area contributed by atoms with E-state index in [4.69, 9.17) is 5.73 Å². The van der Waals surface area contributed by atoms with Crippen LogP contribution >= 0.6 is 0 Å². The van der Waals surface area contributed by atoms with Crippen molar-refractivity contribution in [3.8, 4) is 0 Å². The van der Waals surface area contributed by atoms with Gasteiger partial charge in [-0.2, -0.15) is 0 Å². The van der Waals surface area contributed by atoms with Crippen molar-refractivity contribution in [1.29, 1.82) is 0 Å². The van der Waals surface area contributed by atoms with E-state index in [1.54, 1.807) is 18.3 Å². The first kappa shape index (κ1) is 13.8. The van der Waals surface area contributed by atoms with Crippen molar-refractivity contribution in [3.05, 3.63) is 40.6 Å². The maximum absolute atomic E-state index is 11.1. The van der Waals surface area contributed by atoms with Gasteiger partial charge in [-0.3, -0.25) is 10.1 Å². The summed E-state index contributed by atoms with van der Waals surface area (Å²) < 4.78 is 0. The number of pyridine rings is 1. The van der Waals surface area contributed by atoms with Crippen LogP contribution in [0.25, 0.3) is 10.9 Å². The lowest BCUT2D eigenvalue weighted by Gasteiger charge is -2.31. The Kier molecular flexibility index (Phi) is 3.25. The number of hydrogen-bond acceptors (Lipinski definition) is 5. The summed E-state index contributed by atoms with van der Waals surface area (Å²) in [5.74, 6) is 0.560. The van der Waals surface area contributed by atoms with Crippen LogP contribution in [0.5, 0.6) is 0 Å². The van der Waals surface area contributed by atoms with E-state index < -0.39 is 4.92 Å². The van der Waals surface area contributed by atoms with Crippen molar-refractivity contribution in [2.45, 2.75) is 25.3 Å². The van der Waals surface area contributed by atoms with Crippen LogP contribution < -0.4 is 11.1 Å². The summed E-state index contributed by atoms with van der Waals surface area (Å²) >= 11 is 0. The van der Waals surface area contributed by atoms with Crippen LogP contribution in [0.2, 0.25) is 0 Å². The third-order valence-corrected chi connectivity index (χ3v) is 4.27. The van der Waals surface area contributed by atoms with Crippen LogP contribution in [0, 0.1) is 16.0 Å². The lowest BCUT2D eigenvalue weighted by molar-refractivity contribution is -0.383. The monoisotopic (exact) mass is 286 g/mol. The van der Waals surface area contributed by atoms with Crippen LogP contribution in [0.4, 0.5) is 11.4 Å². The number of rotatable bonds is 5. The van der Waals surface area contributed by atoms with Gasteiger partial charge in [-0.25, -0.2) is 4.98 Å². The summed E-state index contributed by atoms with van der Waals surface area (Å²) in [7, 11) is 0. The SMILES string of the molecule is CC(CN)(Nc1ccc([N+](=O)[O-])c2ncccc12)C1CC1. The second kappa shape index (κ2) is 4.96. The smallest absolute Gasteiger partial charge is 0.295 e. The summed E-state index contributed by atoms with van der Waals surface area (Å²) in [6.45, 7) is 2.63. The van der Waals surface area contributed by atoms with Gasteiger partial charge in [0.05, 0.1) is 4.92 Å². The topological polar surface area (TPSA) is 94.1 Å². The number of nitrogens with two attached hydrogens (primary N) is 1. The van der Waals surface area contributed by atoms with Gasteiger partial charge in [-0.1, -0.05) is 0 Å². The molecule has 110 valence electrons. The van der Waals surface area contributed by atoms with Gasteiger partial charge in [0.25, 0.3) is 5.69 Å². The molecule has 3 N–H and O–H groups in total. The zero-order valence-corrected chi connectivity index (χ0v) is 11.9. The number of benzene rings is 1. The van der Waals surface area contributed by atoms with Gasteiger partial charge < -0.3 is 11.1 Å². The highest BCUT2D eigenvalue weighted by Gasteiger charge is 2.40. The Morgan fingerprint density at radius 2 is 2.24 bits per heavy atom.